The van der Waals surface area contributed by atoms with Crippen LogP contribution in [0.1, 0.15) is 5.56 Å². The van der Waals surface area contributed by atoms with Crippen LogP contribution in [0, 0.1) is 0 Å². The Hall–Kier alpha value is -1.49. The monoisotopic (exact) mass is 261 g/mol. The van der Waals surface area contributed by atoms with Crippen molar-refractivity contribution in [1.82, 2.24) is 0 Å². The zero-order chi connectivity index (χ0) is 13.0. The van der Waals surface area contributed by atoms with Gasteiger partial charge < -0.3 is 9.29 Å². The summed E-state index contributed by atoms with van der Waals surface area (Å²) in [6.45, 7) is 0.533. The first-order valence-corrected chi connectivity index (χ1v) is 6.56. The van der Waals surface area contributed by atoms with E-state index in [9.17, 15) is 8.76 Å². The van der Waals surface area contributed by atoms with E-state index in [4.69, 9.17) is 4.74 Å². The molecule has 0 amide bonds. The quantitative estimate of drug-likeness (QED) is 0.795. The Balaban J connectivity index is 2.39. The molecule has 18 heavy (non-hydrogen) atoms. The van der Waals surface area contributed by atoms with Gasteiger partial charge in [-0.1, -0.05) is 36.4 Å². The molecular formula is C14H13O3S-. The fraction of sp³-hybridized carbons (Fsp3) is 0.143. The third kappa shape index (κ3) is 2.85. The lowest BCUT2D eigenvalue weighted by Gasteiger charge is -2.10. The molecule has 2 rings (SSSR count). The van der Waals surface area contributed by atoms with Crippen LogP contribution in [0.15, 0.2) is 53.4 Å². The topological polar surface area (TPSA) is 49.4 Å². The Morgan fingerprint density at radius 2 is 1.78 bits per heavy atom. The number of hydrogen-bond acceptors (Lipinski definition) is 3. The van der Waals surface area contributed by atoms with Gasteiger partial charge in [0.15, 0.2) is 0 Å². The lowest BCUT2D eigenvalue weighted by Crippen LogP contribution is -1.93. The Bertz CT molecular complexity index is 549. The summed E-state index contributed by atoms with van der Waals surface area (Å²) in [5.74, 6) is 0. The van der Waals surface area contributed by atoms with Gasteiger partial charge in [-0.05, 0) is 39.9 Å². The van der Waals surface area contributed by atoms with Crippen LogP contribution in [0.25, 0.3) is 11.1 Å². The fourth-order valence-electron chi connectivity index (χ4n) is 1.83. The van der Waals surface area contributed by atoms with Gasteiger partial charge in [0.25, 0.3) is 0 Å². The second-order valence-corrected chi connectivity index (χ2v) is 4.79. The second kappa shape index (κ2) is 5.91. The van der Waals surface area contributed by atoms with Crippen LogP contribution in [0.3, 0.4) is 0 Å². The van der Waals surface area contributed by atoms with Crippen molar-refractivity contribution in [3.63, 3.8) is 0 Å². The Labute approximate surface area is 109 Å². The van der Waals surface area contributed by atoms with Gasteiger partial charge in [0.1, 0.15) is 0 Å². The number of hydrogen-bond donors (Lipinski definition) is 0. The van der Waals surface area contributed by atoms with Crippen molar-refractivity contribution < 1.29 is 13.5 Å². The van der Waals surface area contributed by atoms with Gasteiger partial charge in [-0.3, -0.25) is 4.21 Å². The third-order valence-corrected chi connectivity index (χ3v) is 3.33. The lowest BCUT2D eigenvalue weighted by atomic mass is 10.0. The Kier molecular flexibility index (Phi) is 4.25. The molecule has 1 unspecified atom stereocenters. The molecule has 0 bridgehead atoms. The number of methoxy groups -OCH3 is 1. The first-order chi connectivity index (χ1) is 8.72. The summed E-state index contributed by atoms with van der Waals surface area (Å²) in [5, 5.41) is 0. The highest BCUT2D eigenvalue weighted by molar-refractivity contribution is 7.79. The van der Waals surface area contributed by atoms with Crippen LogP contribution in [0.2, 0.25) is 0 Å². The molecule has 0 aliphatic heterocycles. The van der Waals surface area contributed by atoms with E-state index in [0.717, 1.165) is 16.7 Å². The highest BCUT2D eigenvalue weighted by Gasteiger charge is 2.04. The van der Waals surface area contributed by atoms with Gasteiger partial charge in [0.05, 0.1) is 6.61 Å². The summed E-state index contributed by atoms with van der Waals surface area (Å²) in [6.07, 6.45) is 0. The van der Waals surface area contributed by atoms with Gasteiger partial charge in [-0.15, -0.1) is 0 Å². The summed E-state index contributed by atoms with van der Waals surface area (Å²) in [4.78, 5) is 0.294. The largest absolute Gasteiger partial charge is 0.768 e. The average molecular weight is 261 g/mol. The van der Waals surface area contributed by atoms with Crippen molar-refractivity contribution in [2.45, 2.75) is 11.5 Å². The summed E-state index contributed by atoms with van der Waals surface area (Å²) in [5.41, 5.74) is 3.12. The highest BCUT2D eigenvalue weighted by atomic mass is 32.2. The molecule has 0 aromatic heterocycles. The normalized spacial score (nSPS) is 12.3. The van der Waals surface area contributed by atoms with E-state index in [-0.39, 0.29) is 0 Å². The summed E-state index contributed by atoms with van der Waals surface area (Å²) in [6, 6.07) is 14.7. The molecule has 0 spiro atoms. The van der Waals surface area contributed by atoms with E-state index in [2.05, 4.69) is 0 Å². The Morgan fingerprint density at radius 3 is 2.39 bits per heavy atom. The van der Waals surface area contributed by atoms with Gasteiger partial charge in [-0.2, -0.15) is 0 Å². The van der Waals surface area contributed by atoms with Gasteiger partial charge in [0.2, 0.25) is 0 Å². The van der Waals surface area contributed by atoms with E-state index in [0.29, 0.717) is 11.5 Å². The molecule has 0 N–H and O–H groups in total. The summed E-state index contributed by atoms with van der Waals surface area (Å²) >= 11 is -2.18. The maximum atomic E-state index is 10.8. The highest BCUT2D eigenvalue weighted by Crippen LogP contribution is 2.25. The molecule has 0 fully saturated rings. The molecule has 2 aromatic rings. The van der Waals surface area contributed by atoms with Gasteiger partial charge in [-0.25, -0.2) is 0 Å². The van der Waals surface area contributed by atoms with Crippen molar-refractivity contribution in [2.24, 2.45) is 0 Å². The number of rotatable bonds is 4. The van der Waals surface area contributed by atoms with Crippen molar-refractivity contribution in [3.8, 4) is 11.1 Å². The minimum absolute atomic E-state index is 0.294. The maximum absolute atomic E-state index is 10.8. The molecule has 0 radical (unpaired) electrons. The van der Waals surface area contributed by atoms with Crippen LogP contribution in [-0.4, -0.2) is 15.9 Å². The first-order valence-electron chi connectivity index (χ1n) is 5.49. The van der Waals surface area contributed by atoms with E-state index in [1.54, 1.807) is 31.4 Å². The molecule has 0 aliphatic rings. The number of benzene rings is 2. The van der Waals surface area contributed by atoms with Crippen LogP contribution < -0.4 is 0 Å². The zero-order valence-electron chi connectivity index (χ0n) is 9.96. The molecule has 2 aromatic carbocycles. The van der Waals surface area contributed by atoms with Crippen LogP contribution in [0.4, 0.5) is 0 Å². The zero-order valence-corrected chi connectivity index (χ0v) is 10.8. The molecule has 4 heteroatoms. The van der Waals surface area contributed by atoms with E-state index < -0.39 is 11.1 Å². The molecule has 94 valence electrons. The smallest absolute Gasteiger partial charge is 0.0719 e. The lowest BCUT2D eigenvalue weighted by molar-refractivity contribution is 0.185. The molecule has 0 heterocycles. The standard InChI is InChI=1S/C14H14O3S/c1-17-10-12-4-2-3-5-14(12)11-6-8-13(9-7-11)18(15)16/h2-9H,10H2,1H3,(H,15,16)/p-1. The van der Waals surface area contributed by atoms with E-state index in [1.807, 2.05) is 24.3 Å². The fourth-order valence-corrected chi connectivity index (χ4v) is 2.19. The average Bonchev–Trinajstić information content (AvgIpc) is 2.40. The predicted molar refractivity (Wildman–Crippen MR) is 69.8 cm³/mol. The molecule has 1 atom stereocenters. The number of ether oxygens (including phenoxy) is 1. The minimum Gasteiger partial charge on any atom is -0.768 e. The molecule has 3 nitrogen and oxygen atoms in total. The van der Waals surface area contributed by atoms with Crippen molar-refractivity contribution in [1.29, 1.82) is 0 Å². The van der Waals surface area contributed by atoms with Crippen molar-refractivity contribution >= 4 is 11.1 Å². The maximum Gasteiger partial charge on any atom is 0.0719 e. The molecule has 0 saturated heterocycles. The minimum atomic E-state index is -2.18. The van der Waals surface area contributed by atoms with Crippen LogP contribution in [0.5, 0.6) is 0 Å². The van der Waals surface area contributed by atoms with E-state index >= 15 is 0 Å². The summed E-state index contributed by atoms with van der Waals surface area (Å²) in [7, 11) is 1.65. The first kappa shape index (κ1) is 13.0. The predicted octanol–water partition coefficient (Wildman–Crippen LogP) is 2.74. The third-order valence-electron chi connectivity index (χ3n) is 2.67. The molecule has 0 saturated carbocycles. The summed E-state index contributed by atoms with van der Waals surface area (Å²) < 4.78 is 26.7. The van der Waals surface area contributed by atoms with E-state index in [1.165, 1.54) is 0 Å². The van der Waals surface area contributed by atoms with Crippen LogP contribution in [-0.2, 0) is 22.4 Å². The molecule has 0 aliphatic carbocycles. The van der Waals surface area contributed by atoms with Gasteiger partial charge >= 0.3 is 0 Å². The molecular weight excluding hydrogens is 248 g/mol. The van der Waals surface area contributed by atoms with Crippen molar-refractivity contribution in [2.75, 3.05) is 7.11 Å². The van der Waals surface area contributed by atoms with Crippen LogP contribution >= 0.6 is 0 Å². The van der Waals surface area contributed by atoms with Crippen molar-refractivity contribution in [3.05, 3.63) is 54.1 Å². The van der Waals surface area contributed by atoms with Gasteiger partial charge in [0, 0.05) is 12.0 Å². The second-order valence-electron chi connectivity index (χ2n) is 3.85. The Morgan fingerprint density at radius 1 is 1.11 bits per heavy atom. The SMILES string of the molecule is COCc1ccccc1-c1ccc(S(=O)[O-])cc1.